The topological polar surface area (TPSA) is 116 Å². The highest BCUT2D eigenvalue weighted by Crippen LogP contribution is 2.33. The third kappa shape index (κ3) is 6.41. The van der Waals surface area contributed by atoms with Crippen molar-refractivity contribution in [2.75, 3.05) is 39.5 Å². The predicted molar refractivity (Wildman–Crippen MR) is 131 cm³/mol. The molecule has 2 fully saturated rings. The Hall–Kier alpha value is -3.35. The maximum atomic E-state index is 12.2. The minimum absolute atomic E-state index is 0.0258. The zero-order chi connectivity index (χ0) is 24.8. The lowest BCUT2D eigenvalue weighted by Gasteiger charge is -2.25. The molecule has 4 rings (SSSR count). The smallest absolute Gasteiger partial charge is 0.252 e. The number of benzene rings is 1. The summed E-state index contributed by atoms with van der Waals surface area (Å²) in [6.45, 7) is 8.27. The highest BCUT2D eigenvalue weighted by molar-refractivity contribution is 6.03. The molecule has 1 aromatic carbocycles. The van der Waals surface area contributed by atoms with Gasteiger partial charge in [0.2, 0.25) is 11.8 Å². The van der Waals surface area contributed by atoms with Crippen LogP contribution in [0.1, 0.15) is 49.0 Å². The molecule has 3 N–H and O–H groups in total. The maximum Gasteiger partial charge on any atom is 0.252 e. The number of nitrogens with one attached hydrogen (secondary N) is 1. The molecular weight excluding hydrogens is 448 g/mol. The average molecular weight is 481 g/mol. The van der Waals surface area contributed by atoms with Crippen molar-refractivity contribution < 1.29 is 23.8 Å². The second-order valence-electron chi connectivity index (χ2n) is 9.02. The summed E-state index contributed by atoms with van der Waals surface area (Å²) >= 11 is 0. The van der Waals surface area contributed by atoms with Crippen LogP contribution in [-0.2, 0) is 9.53 Å². The van der Waals surface area contributed by atoms with Gasteiger partial charge in [-0.25, -0.2) is 4.98 Å². The number of carbonyl (C=O) groups excluding carboxylic acids is 2. The lowest BCUT2D eigenvalue weighted by atomic mass is 10.0. The van der Waals surface area contributed by atoms with Crippen molar-refractivity contribution in [1.82, 2.24) is 15.2 Å². The molecular formula is C26H32N4O5. The molecule has 9 heteroatoms. The van der Waals surface area contributed by atoms with E-state index in [2.05, 4.69) is 27.0 Å². The normalized spacial score (nSPS) is 18.3. The molecule has 1 atom stereocenters. The first kappa shape index (κ1) is 24.8. The van der Waals surface area contributed by atoms with Gasteiger partial charge in [-0.15, -0.1) is 0 Å². The SMILES string of the molecule is CC(C)Oc1cc2c(OCC3CCC(=O)N3)ncc(C#CCCN3CCOCC3)c2cc1C(N)=O. The number of fused-ring (bicyclic) bond motifs is 1. The van der Waals surface area contributed by atoms with Gasteiger partial charge in [-0.05, 0) is 32.4 Å². The van der Waals surface area contributed by atoms with Gasteiger partial charge in [-0.1, -0.05) is 11.8 Å². The monoisotopic (exact) mass is 480 g/mol. The van der Waals surface area contributed by atoms with Crippen molar-refractivity contribution >= 4 is 22.6 Å². The van der Waals surface area contributed by atoms with Gasteiger partial charge < -0.3 is 25.3 Å². The van der Waals surface area contributed by atoms with Gasteiger partial charge in [-0.2, -0.15) is 0 Å². The zero-order valence-corrected chi connectivity index (χ0v) is 20.3. The van der Waals surface area contributed by atoms with E-state index in [1.54, 1.807) is 18.3 Å². The molecule has 9 nitrogen and oxygen atoms in total. The number of pyridine rings is 1. The van der Waals surface area contributed by atoms with Crippen LogP contribution in [0.25, 0.3) is 10.8 Å². The quantitative estimate of drug-likeness (QED) is 0.554. The van der Waals surface area contributed by atoms with Crippen molar-refractivity contribution in [3.8, 4) is 23.5 Å². The van der Waals surface area contributed by atoms with E-state index in [-0.39, 0.29) is 23.6 Å². The molecule has 1 aromatic heterocycles. The van der Waals surface area contributed by atoms with Crippen LogP contribution in [0.3, 0.4) is 0 Å². The second kappa shape index (κ2) is 11.4. The number of amides is 2. The number of rotatable bonds is 8. The molecule has 0 bridgehead atoms. The summed E-state index contributed by atoms with van der Waals surface area (Å²) < 4.78 is 17.3. The van der Waals surface area contributed by atoms with Crippen LogP contribution in [0.4, 0.5) is 0 Å². The molecule has 2 aliphatic heterocycles. The molecule has 2 amide bonds. The summed E-state index contributed by atoms with van der Waals surface area (Å²) in [7, 11) is 0. The Morgan fingerprint density at radius 3 is 2.80 bits per heavy atom. The molecule has 0 spiro atoms. The van der Waals surface area contributed by atoms with Crippen molar-refractivity contribution in [2.45, 2.75) is 45.3 Å². The molecule has 0 saturated carbocycles. The van der Waals surface area contributed by atoms with Crippen LogP contribution in [-0.4, -0.2) is 73.3 Å². The highest BCUT2D eigenvalue weighted by Gasteiger charge is 2.23. The van der Waals surface area contributed by atoms with E-state index >= 15 is 0 Å². The van der Waals surface area contributed by atoms with Crippen molar-refractivity contribution in [3.05, 3.63) is 29.5 Å². The van der Waals surface area contributed by atoms with Crippen molar-refractivity contribution in [3.63, 3.8) is 0 Å². The number of carbonyl (C=O) groups is 2. The van der Waals surface area contributed by atoms with Crippen molar-refractivity contribution in [2.24, 2.45) is 5.73 Å². The minimum Gasteiger partial charge on any atom is -0.490 e. The summed E-state index contributed by atoms with van der Waals surface area (Å²) in [5.74, 6) is 6.65. The molecule has 1 unspecified atom stereocenters. The number of morpholine rings is 1. The first-order valence-electron chi connectivity index (χ1n) is 12.0. The Bertz CT molecular complexity index is 1150. The number of ether oxygens (including phenoxy) is 3. The number of hydrogen-bond donors (Lipinski definition) is 2. The van der Waals surface area contributed by atoms with E-state index in [4.69, 9.17) is 19.9 Å². The Kier molecular flexibility index (Phi) is 8.06. The van der Waals surface area contributed by atoms with E-state index < -0.39 is 5.91 Å². The Morgan fingerprint density at radius 2 is 2.11 bits per heavy atom. The Balaban J connectivity index is 1.64. The van der Waals surface area contributed by atoms with E-state index in [0.717, 1.165) is 39.3 Å². The van der Waals surface area contributed by atoms with Gasteiger partial charge >= 0.3 is 0 Å². The second-order valence-corrected chi connectivity index (χ2v) is 9.02. The van der Waals surface area contributed by atoms with Gasteiger partial charge in [0.1, 0.15) is 12.4 Å². The molecule has 2 aliphatic rings. The molecule has 3 heterocycles. The predicted octanol–water partition coefficient (Wildman–Crippen LogP) is 1.85. The first-order valence-corrected chi connectivity index (χ1v) is 12.0. The average Bonchev–Trinajstić information content (AvgIpc) is 3.25. The molecule has 35 heavy (non-hydrogen) atoms. The zero-order valence-electron chi connectivity index (χ0n) is 20.3. The van der Waals surface area contributed by atoms with E-state index in [0.29, 0.717) is 47.4 Å². The van der Waals surface area contributed by atoms with Crippen molar-refractivity contribution in [1.29, 1.82) is 0 Å². The fourth-order valence-corrected chi connectivity index (χ4v) is 4.18. The fraction of sp³-hybridized carbons (Fsp3) is 0.500. The lowest BCUT2D eigenvalue weighted by Crippen LogP contribution is -2.36. The largest absolute Gasteiger partial charge is 0.490 e. The minimum atomic E-state index is -0.582. The fourth-order valence-electron chi connectivity index (χ4n) is 4.18. The summed E-state index contributed by atoms with van der Waals surface area (Å²) in [5.41, 5.74) is 6.63. The number of nitrogens with two attached hydrogens (primary N) is 1. The summed E-state index contributed by atoms with van der Waals surface area (Å²) in [5, 5.41) is 4.29. The summed E-state index contributed by atoms with van der Waals surface area (Å²) in [6.07, 6.45) is 3.42. The Morgan fingerprint density at radius 1 is 1.31 bits per heavy atom. The van der Waals surface area contributed by atoms with Gasteiger partial charge in [0, 0.05) is 49.4 Å². The number of aromatic nitrogens is 1. The van der Waals surface area contributed by atoms with Crippen LogP contribution in [0, 0.1) is 11.8 Å². The van der Waals surface area contributed by atoms with Gasteiger partial charge in [0.25, 0.3) is 5.91 Å². The molecule has 2 saturated heterocycles. The van der Waals surface area contributed by atoms with Gasteiger partial charge in [0.15, 0.2) is 0 Å². The van der Waals surface area contributed by atoms with Gasteiger partial charge in [-0.3, -0.25) is 14.5 Å². The maximum absolute atomic E-state index is 12.2. The lowest BCUT2D eigenvalue weighted by molar-refractivity contribution is -0.119. The third-order valence-electron chi connectivity index (χ3n) is 5.97. The summed E-state index contributed by atoms with van der Waals surface area (Å²) in [4.78, 5) is 30.6. The van der Waals surface area contributed by atoms with Crippen LogP contribution in [0.2, 0.25) is 0 Å². The first-order chi connectivity index (χ1) is 16.9. The standard InChI is InChI=1S/C26H32N4O5/c1-17(2)35-23-14-21-20(13-22(23)25(27)32)18(5-3-4-8-30-9-11-33-12-10-30)15-28-26(21)34-16-19-6-7-24(31)29-19/h13-15,17,19H,4,6-12,16H2,1-2H3,(H2,27,32)(H,29,31). The third-order valence-corrected chi connectivity index (χ3v) is 5.97. The number of nitrogens with zero attached hydrogens (tertiary/aromatic N) is 2. The van der Waals surface area contributed by atoms with Crippen LogP contribution in [0.15, 0.2) is 18.3 Å². The highest BCUT2D eigenvalue weighted by atomic mass is 16.5. The molecule has 2 aromatic rings. The van der Waals surface area contributed by atoms with Crippen LogP contribution in [0.5, 0.6) is 11.6 Å². The molecule has 0 aliphatic carbocycles. The van der Waals surface area contributed by atoms with Crippen LogP contribution < -0.4 is 20.5 Å². The molecule has 186 valence electrons. The van der Waals surface area contributed by atoms with E-state index in [1.165, 1.54) is 0 Å². The molecule has 0 radical (unpaired) electrons. The number of hydrogen-bond acceptors (Lipinski definition) is 7. The van der Waals surface area contributed by atoms with Crippen LogP contribution >= 0.6 is 0 Å². The van der Waals surface area contributed by atoms with E-state index in [1.807, 2.05) is 13.8 Å². The van der Waals surface area contributed by atoms with Gasteiger partial charge in [0.05, 0.1) is 36.5 Å². The Labute approximate surface area is 205 Å². The van der Waals surface area contributed by atoms with E-state index in [9.17, 15) is 9.59 Å². The summed E-state index contributed by atoms with van der Waals surface area (Å²) in [6, 6.07) is 3.38. The number of primary amides is 1.